The zero-order valence-electron chi connectivity index (χ0n) is 10.3. The van der Waals surface area contributed by atoms with Crippen molar-refractivity contribution < 1.29 is 14.6 Å². The molecule has 1 aromatic rings. The minimum Gasteiger partial charge on any atom is -0.495 e. The summed E-state index contributed by atoms with van der Waals surface area (Å²) in [6.07, 6.45) is 1.11. The second-order valence-corrected chi connectivity index (χ2v) is 3.80. The molecule has 4 heteroatoms. The average Bonchev–Trinajstić information content (AvgIpc) is 2.34. The minimum absolute atomic E-state index is 0.137. The van der Waals surface area contributed by atoms with E-state index in [0.29, 0.717) is 6.54 Å². The molecule has 0 saturated carbocycles. The van der Waals surface area contributed by atoms with Crippen LogP contribution in [0.1, 0.15) is 19.8 Å². The highest BCUT2D eigenvalue weighted by Gasteiger charge is 2.11. The molecule has 1 aromatic carbocycles. The number of para-hydroxylation sites is 2. The molecule has 0 atom stereocenters. The van der Waals surface area contributed by atoms with Crippen molar-refractivity contribution in [2.45, 2.75) is 19.8 Å². The maximum Gasteiger partial charge on any atom is 0.305 e. The van der Waals surface area contributed by atoms with E-state index >= 15 is 0 Å². The Morgan fingerprint density at radius 1 is 1.35 bits per heavy atom. The first kappa shape index (κ1) is 13.4. The molecule has 17 heavy (non-hydrogen) atoms. The van der Waals surface area contributed by atoms with Gasteiger partial charge in [0, 0.05) is 13.1 Å². The number of nitrogens with zero attached hydrogens (tertiary/aromatic N) is 1. The van der Waals surface area contributed by atoms with E-state index in [-0.39, 0.29) is 6.42 Å². The second-order valence-electron chi connectivity index (χ2n) is 3.80. The average molecular weight is 237 g/mol. The fourth-order valence-corrected chi connectivity index (χ4v) is 1.74. The van der Waals surface area contributed by atoms with E-state index in [0.717, 1.165) is 24.4 Å². The van der Waals surface area contributed by atoms with Crippen LogP contribution in [0.5, 0.6) is 5.75 Å². The number of anilines is 1. The summed E-state index contributed by atoms with van der Waals surface area (Å²) in [5.41, 5.74) is 0.957. The fraction of sp³-hybridized carbons (Fsp3) is 0.462. The predicted octanol–water partition coefficient (Wildman–Crippen LogP) is 2.39. The molecule has 0 aliphatic rings. The van der Waals surface area contributed by atoms with Crippen molar-refractivity contribution in [2.75, 3.05) is 25.1 Å². The first-order valence-electron chi connectivity index (χ1n) is 5.78. The van der Waals surface area contributed by atoms with Crippen molar-refractivity contribution in [3.63, 3.8) is 0 Å². The SMILES string of the molecule is CCCN(CCC(=O)O)c1ccccc1OC. The number of aliphatic carboxylic acids is 1. The lowest BCUT2D eigenvalue weighted by atomic mass is 10.2. The van der Waals surface area contributed by atoms with Gasteiger partial charge < -0.3 is 14.7 Å². The number of hydrogen-bond donors (Lipinski definition) is 1. The Labute approximate surface area is 102 Å². The second kappa shape index (κ2) is 6.78. The number of carbonyl (C=O) groups is 1. The third kappa shape index (κ3) is 3.98. The predicted molar refractivity (Wildman–Crippen MR) is 67.8 cm³/mol. The number of carboxylic acid groups (broad SMARTS) is 1. The van der Waals surface area contributed by atoms with Gasteiger partial charge in [0.25, 0.3) is 0 Å². The molecule has 0 heterocycles. The normalized spacial score (nSPS) is 10.0. The van der Waals surface area contributed by atoms with Crippen molar-refractivity contribution in [3.05, 3.63) is 24.3 Å². The molecule has 0 aromatic heterocycles. The Morgan fingerprint density at radius 3 is 2.65 bits per heavy atom. The molecule has 0 spiro atoms. The minimum atomic E-state index is -0.777. The summed E-state index contributed by atoms with van der Waals surface area (Å²) in [5, 5.41) is 8.75. The monoisotopic (exact) mass is 237 g/mol. The zero-order valence-corrected chi connectivity index (χ0v) is 10.3. The number of rotatable bonds is 7. The Balaban J connectivity index is 2.84. The van der Waals surface area contributed by atoms with Gasteiger partial charge in [0.1, 0.15) is 5.75 Å². The van der Waals surface area contributed by atoms with Gasteiger partial charge in [0.05, 0.1) is 19.2 Å². The third-order valence-electron chi connectivity index (χ3n) is 2.51. The van der Waals surface area contributed by atoms with Gasteiger partial charge in [-0.05, 0) is 18.6 Å². The van der Waals surface area contributed by atoms with Gasteiger partial charge >= 0.3 is 5.97 Å². The summed E-state index contributed by atoms with van der Waals surface area (Å²) in [5.74, 6) is 0.00680. The summed E-state index contributed by atoms with van der Waals surface area (Å²) >= 11 is 0. The van der Waals surface area contributed by atoms with Gasteiger partial charge in [-0.1, -0.05) is 19.1 Å². The summed E-state index contributed by atoms with van der Waals surface area (Å²) < 4.78 is 5.29. The van der Waals surface area contributed by atoms with Crippen molar-refractivity contribution >= 4 is 11.7 Å². The zero-order chi connectivity index (χ0) is 12.7. The van der Waals surface area contributed by atoms with Crippen molar-refractivity contribution in [1.82, 2.24) is 0 Å². The summed E-state index contributed by atoms with van der Waals surface area (Å²) in [7, 11) is 1.63. The molecule has 0 saturated heterocycles. The Kier molecular flexibility index (Phi) is 5.33. The summed E-state index contributed by atoms with van der Waals surface area (Å²) in [4.78, 5) is 12.7. The number of benzene rings is 1. The lowest BCUT2D eigenvalue weighted by Crippen LogP contribution is -2.27. The van der Waals surface area contributed by atoms with E-state index in [1.165, 1.54) is 0 Å². The molecule has 0 fully saturated rings. The molecule has 0 amide bonds. The molecule has 0 unspecified atom stereocenters. The molecule has 0 aliphatic carbocycles. The van der Waals surface area contributed by atoms with Crippen LogP contribution in [0, 0.1) is 0 Å². The van der Waals surface area contributed by atoms with Gasteiger partial charge in [-0.2, -0.15) is 0 Å². The van der Waals surface area contributed by atoms with E-state index in [4.69, 9.17) is 9.84 Å². The van der Waals surface area contributed by atoms with Gasteiger partial charge in [-0.25, -0.2) is 0 Å². The topological polar surface area (TPSA) is 49.8 Å². The molecule has 0 bridgehead atoms. The van der Waals surface area contributed by atoms with E-state index in [1.54, 1.807) is 7.11 Å². The van der Waals surface area contributed by atoms with E-state index in [1.807, 2.05) is 29.2 Å². The lowest BCUT2D eigenvalue weighted by molar-refractivity contribution is -0.136. The van der Waals surface area contributed by atoms with E-state index in [9.17, 15) is 4.79 Å². The smallest absolute Gasteiger partial charge is 0.305 e. The molecule has 94 valence electrons. The molecule has 0 radical (unpaired) electrons. The molecule has 1 N–H and O–H groups in total. The van der Waals surface area contributed by atoms with Crippen LogP contribution >= 0.6 is 0 Å². The summed E-state index contributed by atoms with van der Waals surface area (Å²) in [6, 6.07) is 7.68. The highest BCUT2D eigenvalue weighted by molar-refractivity contribution is 5.68. The van der Waals surface area contributed by atoms with Crippen LogP contribution in [0.2, 0.25) is 0 Å². The number of ether oxygens (including phenoxy) is 1. The van der Waals surface area contributed by atoms with Crippen LogP contribution in [-0.2, 0) is 4.79 Å². The van der Waals surface area contributed by atoms with Crippen LogP contribution in [0.4, 0.5) is 5.69 Å². The maximum atomic E-state index is 10.6. The highest BCUT2D eigenvalue weighted by atomic mass is 16.5. The van der Waals surface area contributed by atoms with Gasteiger partial charge in [-0.3, -0.25) is 4.79 Å². The lowest BCUT2D eigenvalue weighted by Gasteiger charge is -2.25. The standard InChI is InChI=1S/C13H19NO3/c1-3-9-14(10-8-13(15)16)11-6-4-5-7-12(11)17-2/h4-7H,3,8-10H2,1-2H3,(H,15,16). The first-order chi connectivity index (χ1) is 8.19. The maximum absolute atomic E-state index is 10.6. The van der Waals surface area contributed by atoms with Crippen LogP contribution in [0.3, 0.4) is 0 Å². The van der Waals surface area contributed by atoms with Crippen molar-refractivity contribution in [2.24, 2.45) is 0 Å². The Bertz CT molecular complexity index is 365. The molecular formula is C13H19NO3. The van der Waals surface area contributed by atoms with Gasteiger partial charge in [0.15, 0.2) is 0 Å². The van der Waals surface area contributed by atoms with Crippen molar-refractivity contribution in [3.8, 4) is 5.75 Å². The fourth-order valence-electron chi connectivity index (χ4n) is 1.74. The number of methoxy groups -OCH3 is 1. The van der Waals surface area contributed by atoms with Crippen LogP contribution in [0.15, 0.2) is 24.3 Å². The van der Waals surface area contributed by atoms with Crippen LogP contribution in [-0.4, -0.2) is 31.3 Å². The summed E-state index contributed by atoms with van der Waals surface area (Å²) in [6.45, 7) is 3.40. The van der Waals surface area contributed by atoms with Gasteiger partial charge in [0.2, 0.25) is 0 Å². The Morgan fingerprint density at radius 2 is 2.06 bits per heavy atom. The molecule has 1 rings (SSSR count). The van der Waals surface area contributed by atoms with Crippen LogP contribution < -0.4 is 9.64 Å². The quantitative estimate of drug-likeness (QED) is 0.791. The number of carboxylic acids is 1. The number of hydrogen-bond acceptors (Lipinski definition) is 3. The van der Waals surface area contributed by atoms with Crippen LogP contribution in [0.25, 0.3) is 0 Å². The van der Waals surface area contributed by atoms with E-state index < -0.39 is 5.97 Å². The van der Waals surface area contributed by atoms with Gasteiger partial charge in [-0.15, -0.1) is 0 Å². The molecule has 0 aliphatic heterocycles. The third-order valence-corrected chi connectivity index (χ3v) is 2.51. The van der Waals surface area contributed by atoms with Crippen molar-refractivity contribution in [1.29, 1.82) is 0 Å². The molecular weight excluding hydrogens is 218 g/mol. The van der Waals surface area contributed by atoms with E-state index in [2.05, 4.69) is 6.92 Å². The largest absolute Gasteiger partial charge is 0.495 e. The molecule has 4 nitrogen and oxygen atoms in total. The first-order valence-corrected chi connectivity index (χ1v) is 5.78. The Hall–Kier alpha value is -1.71. The highest BCUT2D eigenvalue weighted by Crippen LogP contribution is 2.27.